The molecule has 2 unspecified atom stereocenters. The summed E-state index contributed by atoms with van der Waals surface area (Å²) in [5.41, 5.74) is 0. The normalized spacial score (nSPS) is 25.9. The lowest BCUT2D eigenvalue weighted by Crippen LogP contribution is -2.51. The number of rotatable bonds is 4. The highest BCUT2D eigenvalue weighted by Gasteiger charge is 2.31. The van der Waals surface area contributed by atoms with E-state index in [-0.39, 0.29) is 30.3 Å². The molecule has 0 aromatic heterocycles. The Bertz CT molecular complexity index is 332. The Kier molecular flexibility index (Phi) is 7.30. The second-order valence-corrected chi connectivity index (χ2v) is 5.61. The highest BCUT2D eigenvalue weighted by molar-refractivity contribution is 5.87. The first-order valence-electron chi connectivity index (χ1n) is 7.44. The summed E-state index contributed by atoms with van der Waals surface area (Å²) in [6, 6.07) is -0.243. The summed E-state index contributed by atoms with van der Waals surface area (Å²) in [6.45, 7) is 2.84. The number of nitrogens with one attached hydrogen (secondary N) is 2. The number of halogens is 1. The lowest BCUT2D eigenvalue weighted by Gasteiger charge is -2.34. The molecular weight excluding hydrogens is 278 g/mol. The standard InChI is InChI=1S/C14H25N3O2.ClH/c1-15-14(19)12-4-2-3-9-17(12)13(18)6-5-11-7-8-16-10-11;/h11-12,16H,2-10H2,1H3,(H,15,19);1H. The largest absolute Gasteiger partial charge is 0.357 e. The van der Waals surface area contributed by atoms with E-state index in [0.717, 1.165) is 45.3 Å². The Morgan fingerprint density at radius 2 is 2.10 bits per heavy atom. The van der Waals surface area contributed by atoms with Crippen molar-refractivity contribution >= 4 is 24.2 Å². The van der Waals surface area contributed by atoms with Crippen LogP contribution >= 0.6 is 12.4 Å². The molecule has 0 aromatic carbocycles. The molecule has 2 aliphatic heterocycles. The van der Waals surface area contributed by atoms with Crippen LogP contribution in [0.1, 0.15) is 38.5 Å². The fourth-order valence-electron chi connectivity index (χ4n) is 3.10. The zero-order valence-electron chi connectivity index (χ0n) is 12.2. The van der Waals surface area contributed by atoms with Gasteiger partial charge in [0.05, 0.1) is 0 Å². The van der Waals surface area contributed by atoms with Crippen LogP contribution in [0, 0.1) is 5.92 Å². The molecule has 2 amide bonds. The van der Waals surface area contributed by atoms with Crippen molar-refractivity contribution in [3.63, 3.8) is 0 Å². The molecule has 2 rings (SSSR count). The third-order valence-electron chi connectivity index (χ3n) is 4.30. The average Bonchev–Trinajstić information content (AvgIpc) is 2.97. The predicted molar refractivity (Wildman–Crippen MR) is 80.9 cm³/mol. The molecule has 2 saturated heterocycles. The first-order chi connectivity index (χ1) is 9.22. The third-order valence-corrected chi connectivity index (χ3v) is 4.30. The van der Waals surface area contributed by atoms with Crippen LogP contribution in [0.3, 0.4) is 0 Å². The van der Waals surface area contributed by atoms with Gasteiger partial charge in [0.25, 0.3) is 0 Å². The van der Waals surface area contributed by atoms with Gasteiger partial charge in [0.15, 0.2) is 0 Å². The molecule has 20 heavy (non-hydrogen) atoms. The Balaban J connectivity index is 0.00000200. The highest BCUT2D eigenvalue weighted by atomic mass is 35.5. The molecule has 0 bridgehead atoms. The minimum Gasteiger partial charge on any atom is -0.357 e. The number of likely N-dealkylation sites (N-methyl/N-ethyl adjacent to an activating group) is 1. The fraction of sp³-hybridized carbons (Fsp3) is 0.857. The molecule has 2 N–H and O–H groups in total. The average molecular weight is 304 g/mol. The third kappa shape index (κ3) is 4.35. The summed E-state index contributed by atoms with van der Waals surface area (Å²) in [4.78, 5) is 25.9. The highest BCUT2D eigenvalue weighted by Crippen LogP contribution is 2.21. The molecule has 0 aromatic rings. The molecule has 2 aliphatic rings. The fourth-order valence-corrected chi connectivity index (χ4v) is 3.10. The second kappa shape index (κ2) is 8.47. The Labute approximate surface area is 127 Å². The van der Waals surface area contributed by atoms with E-state index in [1.165, 1.54) is 6.42 Å². The van der Waals surface area contributed by atoms with Gasteiger partial charge >= 0.3 is 0 Å². The molecule has 2 atom stereocenters. The number of hydrogen-bond acceptors (Lipinski definition) is 3. The molecule has 5 nitrogen and oxygen atoms in total. The van der Waals surface area contributed by atoms with E-state index in [1.807, 2.05) is 0 Å². The topological polar surface area (TPSA) is 61.4 Å². The lowest BCUT2D eigenvalue weighted by atomic mass is 9.98. The number of carbonyl (C=O) groups excluding carboxylic acids is 2. The van der Waals surface area contributed by atoms with Crippen molar-refractivity contribution in [3.05, 3.63) is 0 Å². The van der Waals surface area contributed by atoms with E-state index in [4.69, 9.17) is 0 Å². The zero-order chi connectivity index (χ0) is 13.7. The van der Waals surface area contributed by atoms with Crippen molar-refractivity contribution in [2.24, 2.45) is 5.92 Å². The van der Waals surface area contributed by atoms with Gasteiger partial charge in [-0.3, -0.25) is 9.59 Å². The Morgan fingerprint density at radius 1 is 1.30 bits per heavy atom. The molecule has 6 heteroatoms. The van der Waals surface area contributed by atoms with E-state index in [2.05, 4.69) is 10.6 Å². The van der Waals surface area contributed by atoms with Gasteiger partial charge in [-0.05, 0) is 51.1 Å². The van der Waals surface area contributed by atoms with E-state index in [9.17, 15) is 9.59 Å². The van der Waals surface area contributed by atoms with Gasteiger partial charge < -0.3 is 15.5 Å². The monoisotopic (exact) mass is 303 g/mol. The molecular formula is C14H26ClN3O2. The molecule has 0 aliphatic carbocycles. The molecule has 0 radical (unpaired) electrons. The Morgan fingerprint density at radius 3 is 2.75 bits per heavy atom. The molecule has 0 saturated carbocycles. The number of nitrogens with zero attached hydrogens (tertiary/aromatic N) is 1. The smallest absolute Gasteiger partial charge is 0.242 e. The van der Waals surface area contributed by atoms with E-state index in [1.54, 1.807) is 11.9 Å². The van der Waals surface area contributed by atoms with Crippen molar-refractivity contribution in [2.45, 2.75) is 44.6 Å². The van der Waals surface area contributed by atoms with Crippen molar-refractivity contribution in [1.82, 2.24) is 15.5 Å². The summed E-state index contributed by atoms with van der Waals surface area (Å²) in [5, 5.41) is 6.00. The summed E-state index contributed by atoms with van der Waals surface area (Å²) in [7, 11) is 1.64. The van der Waals surface area contributed by atoms with Gasteiger partial charge in [0, 0.05) is 20.0 Å². The van der Waals surface area contributed by atoms with Crippen LogP contribution in [0.5, 0.6) is 0 Å². The SMILES string of the molecule is CNC(=O)C1CCCCN1C(=O)CCC1CCNC1.Cl. The summed E-state index contributed by atoms with van der Waals surface area (Å²) >= 11 is 0. The number of likely N-dealkylation sites (tertiary alicyclic amines) is 1. The number of amides is 2. The van der Waals surface area contributed by atoms with Gasteiger partial charge in [0.1, 0.15) is 6.04 Å². The van der Waals surface area contributed by atoms with Crippen molar-refractivity contribution in [2.75, 3.05) is 26.7 Å². The first kappa shape index (κ1) is 17.2. The van der Waals surface area contributed by atoms with E-state index in [0.29, 0.717) is 12.3 Å². The van der Waals surface area contributed by atoms with E-state index < -0.39 is 0 Å². The van der Waals surface area contributed by atoms with Crippen LogP contribution in [0.4, 0.5) is 0 Å². The lowest BCUT2D eigenvalue weighted by molar-refractivity contribution is -0.142. The minimum absolute atomic E-state index is 0. The van der Waals surface area contributed by atoms with Crippen LogP contribution in [0.2, 0.25) is 0 Å². The number of piperidine rings is 1. The van der Waals surface area contributed by atoms with Crippen LogP contribution in [-0.4, -0.2) is 49.4 Å². The van der Waals surface area contributed by atoms with Gasteiger partial charge in [-0.15, -0.1) is 12.4 Å². The zero-order valence-corrected chi connectivity index (χ0v) is 13.0. The first-order valence-corrected chi connectivity index (χ1v) is 7.44. The van der Waals surface area contributed by atoms with E-state index >= 15 is 0 Å². The molecule has 116 valence electrons. The second-order valence-electron chi connectivity index (χ2n) is 5.61. The Hall–Kier alpha value is -0.810. The van der Waals surface area contributed by atoms with Crippen LogP contribution in [0.15, 0.2) is 0 Å². The molecule has 2 heterocycles. The van der Waals surface area contributed by atoms with Gasteiger partial charge in [-0.2, -0.15) is 0 Å². The van der Waals surface area contributed by atoms with Gasteiger partial charge in [0.2, 0.25) is 11.8 Å². The van der Waals surface area contributed by atoms with Crippen molar-refractivity contribution < 1.29 is 9.59 Å². The van der Waals surface area contributed by atoms with Crippen molar-refractivity contribution in [3.8, 4) is 0 Å². The molecule has 2 fully saturated rings. The van der Waals surface area contributed by atoms with Crippen molar-refractivity contribution in [1.29, 1.82) is 0 Å². The van der Waals surface area contributed by atoms with Crippen LogP contribution in [-0.2, 0) is 9.59 Å². The number of hydrogen-bond donors (Lipinski definition) is 2. The maximum Gasteiger partial charge on any atom is 0.242 e. The maximum atomic E-state index is 12.3. The summed E-state index contributed by atoms with van der Waals surface area (Å²) in [5.74, 6) is 0.767. The van der Waals surface area contributed by atoms with Crippen LogP contribution < -0.4 is 10.6 Å². The maximum absolute atomic E-state index is 12.3. The summed E-state index contributed by atoms with van der Waals surface area (Å²) < 4.78 is 0. The minimum atomic E-state index is -0.243. The predicted octanol–water partition coefficient (Wildman–Crippen LogP) is 0.925. The number of carbonyl (C=O) groups is 2. The van der Waals surface area contributed by atoms with Gasteiger partial charge in [-0.25, -0.2) is 0 Å². The molecule has 0 spiro atoms. The van der Waals surface area contributed by atoms with Crippen LogP contribution in [0.25, 0.3) is 0 Å². The quantitative estimate of drug-likeness (QED) is 0.812. The summed E-state index contributed by atoms with van der Waals surface area (Å²) in [6.07, 6.45) is 5.56. The van der Waals surface area contributed by atoms with Gasteiger partial charge in [-0.1, -0.05) is 0 Å².